The molecule has 2 nitrogen and oxygen atoms in total. The minimum absolute atomic E-state index is 0.981. The van der Waals surface area contributed by atoms with Crippen molar-refractivity contribution in [1.82, 2.24) is 4.98 Å². The smallest absolute Gasteiger partial charge is 0.0701 e. The normalized spacial score (nSPS) is 10.4. The Hall–Kier alpha value is -5.39. The SMILES string of the molecule is C(#Cc1ccc(N(c2ccccc2)c2ccccc2)cc1)c1ccc(-c2ccc(-c3ccccn3)cc2)cc1. The van der Waals surface area contributed by atoms with Gasteiger partial charge in [0.05, 0.1) is 5.69 Å². The minimum Gasteiger partial charge on any atom is -0.311 e. The molecule has 6 aromatic rings. The van der Waals surface area contributed by atoms with Crippen molar-refractivity contribution in [2.24, 2.45) is 0 Å². The third-order valence-corrected chi connectivity index (χ3v) is 6.57. The molecule has 0 bridgehead atoms. The third kappa shape index (κ3) is 5.64. The van der Waals surface area contributed by atoms with E-state index in [-0.39, 0.29) is 0 Å². The van der Waals surface area contributed by atoms with Gasteiger partial charge in [0.1, 0.15) is 0 Å². The maximum atomic E-state index is 4.43. The van der Waals surface area contributed by atoms with Gasteiger partial charge in [-0.2, -0.15) is 0 Å². The summed E-state index contributed by atoms with van der Waals surface area (Å²) in [6.45, 7) is 0. The number of rotatable bonds is 5. The number of para-hydroxylation sites is 2. The summed E-state index contributed by atoms with van der Waals surface area (Å²) in [4.78, 5) is 6.68. The number of aromatic nitrogens is 1. The molecule has 0 aliphatic carbocycles. The molecule has 0 saturated heterocycles. The highest BCUT2D eigenvalue weighted by atomic mass is 15.1. The Balaban J connectivity index is 1.18. The molecular weight excluding hydrogens is 472 g/mol. The zero-order valence-corrected chi connectivity index (χ0v) is 21.4. The summed E-state index contributed by atoms with van der Waals surface area (Å²) in [5.74, 6) is 6.63. The number of pyridine rings is 1. The van der Waals surface area contributed by atoms with E-state index in [1.54, 1.807) is 0 Å². The summed E-state index contributed by atoms with van der Waals surface area (Å²) in [5.41, 5.74) is 9.74. The van der Waals surface area contributed by atoms with Gasteiger partial charge in [0.25, 0.3) is 0 Å². The lowest BCUT2D eigenvalue weighted by molar-refractivity contribution is 1.28. The molecule has 0 spiro atoms. The van der Waals surface area contributed by atoms with Crippen molar-refractivity contribution < 1.29 is 0 Å². The van der Waals surface area contributed by atoms with Gasteiger partial charge in [0.15, 0.2) is 0 Å². The standard InChI is InChI=1S/C37H26N2/c1-3-9-34(10-4-1)39(35-11-5-2-6-12-35)36-26-18-30(19-27-36)15-14-29-16-20-31(21-17-29)32-22-24-33(25-23-32)37-13-7-8-28-38-37/h1-13,16-28H. The van der Waals surface area contributed by atoms with Crippen molar-refractivity contribution in [3.63, 3.8) is 0 Å². The van der Waals surface area contributed by atoms with Crippen LogP contribution < -0.4 is 4.90 Å². The summed E-state index contributed by atoms with van der Waals surface area (Å²) in [5, 5.41) is 0. The van der Waals surface area contributed by atoms with Crippen molar-refractivity contribution in [2.45, 2.75) is 0 Å². The first kappa shape index (κ1) is 24.0. The van der Waals surface area contributed by atoms with E-state index in [0.29, 0.717) is 0 Å². The molecule has 0 fully saturated rings. The van der Waals surface area contributed by atoms with E-state index in [1.165, 1.54) is 11.1 Å². The van der Waals surface area contributed by atoms with Gasteiger partial charge in [-0.1, -0.05) is 90.7 Å². The first-order chi connectivity index (χ1) is 19.3. The van der Waals surface area contributed by atoms with Gasteiger partial charge >= 0.3 is 0 Å². The van der Waals surface area contributed by atoms with Crippen molar-refractivity contribution in [2.75, 3.05) is 4.90 Å². The fraction of sp³-hybridized carbons (Fsp3) is 0. The van der Waals surface area contributed by atoms with E-state index in [9.17, 15) is 0 Å². The Morgan fingerprint density at radius 2 is 0.821 bits per heavy atom. The molecule has 2 heteroatoms. The number of hydrogen-bond acceptors (Lipinski definition) is 2. The van der Waals surface area contributed by atoms with Gasteiger partial charge < -0.3 is 4.90 Å². The molecular formula is C37H26N2. The molecule has 1 heterocycles. The van der Waals surface area contributed by atoms with E-state index in [4.69, 9.17) is 0 Å². The average Bonchev–Trinajstić information content (AvgIpc) is 3.03. The zero-order valence-electron chi connectivity index (χ0n) is 21.4. The molecule has 0 atom stereocenters. The molecule has 0 N–H and O–H groups in total. The summed E-state index contributed by atoms with van der Waals surface area (Å²) >= 11 is 0. The topological polar surface area (TPSA) is 16.1 Å². The fourth-order valence-corrected chi connectivity index (χ4v) is 4.55. The van der Waals surface area contributed by atoms with Crippen LogP contribution in [0.1, 0.15) is 11.1 Å². The van der Waals surface area contributed by atoms with Gasteiger partial charge in [-0.15, -0.1) is 0 Å². The van der Waals surface area contributed by atoms with Gasteiger partial charge in [-0.3, -0.25) is 4.98 Å². The van der Waals surface area contributed by atoms with Gasteiger partial charge in [-0.05, 0) is 83.9 Å². The second kappa shape index (κ2) is 11.3. The van der Waals surface area contributed by atoms with Gasteiger partial charge in [-0.25, -0.2) is 0 Å². The number of benzene rings is 5. The fourth-order valence-electron chi connectivity index (χ4n) is 4.55. The summed E-state index contributed by atoms with van der Waals surface area (Å²) in [6, 6.07) is 52.1. The van der Waals surface area contributed by atoms with E-state index < -0.39 is 0 Å². The molecule has 0 amide bonds. The van der Waals surface area contributed by atoms with Gasteiger partial charge in [0.2, 0.25) is 0 Å². The molecule has 0 radical (unpaired) electrons. The Morgan fingerprint density at radius 3 is 1.33 bits per heavy atom. The lowest BCUT2D eigenvalue weighted by atomic mass is 10.0. The maximum absolute atomic E-state index is 4.43. The van der Waals surface area contributed by atoms with Crippen LogP contribution in [0.2, 0.25) is 0 Å². The van der Waals surface area contributed by atoms with E-state index in [1.807, 2.05) is 36.5 Å². The van der Waals surface area contributed by atoms with Crippen molar-refractivity contribution >= 4 is 17.1 Å². The maximum Gasteiger partial charge on any atom is 0.0701 e. The second-order valence-electron chi connectivity index (χ2n) is 9.17. The molecule has 0 unspecified atom stereocenters. The predicted molar refractivity (Wildman–Crippen MR) is 162 cm³/mol. The van der Waals surface area contributed by atoms with Crippen LogP contribution in [0.3, 0.4) is 0 Å². The van der Waals surface area contributed by atoms with Crippen LogP contribution in [0, 0.1) is 11.8 Å². The lowest BCUT2D eigenvalue weighted by Crippen LogP contribution is -2.09. The van der Waals surface area contributed by atoms with Crippen molar-refractivity contribution in [3.8, 4) is 34.2 Å². The predicted octanol–water partition coefficient (Wildman–Crippen LogP) is 9.29. The first-order valence-electron chi connectivity index (χ1n) is 13.0. The molecule has 6 rings (SSSR count). The zero-order chi connectivity index (χ0) is 26.3. The quantitative estimate of drug-likeness (QED) is 0.220. The van der Waals surface area contributed by atoms with Crippen LogP contribution in [-0.4, -0.2) is 4.98 Å². The van der Waals surface area contributed by atoms with Crippen LogP contribution in [0.5, 0.6) is 0 Å². The number of hydrogen-bond donors (Lipinski definition) is 0. The van der Waals surface area contributed by atoms with Crippen LogP contribution in [0.25, 0.3) is 22.4 Å². The molecule has 5 aromatic carbocycles. The molecule has 1 aromatic heterocycles. The average molecular weight is 499 g/mol. The van der Waals surface area contributed by atoms with E-state index in [2.05, 4.69) is 143 Å². The highest BCUT2D eigenvalue weighted by Crippen LogP contribution is 2.34. The molecule has 0 saturated carbocycles. The monoisotopic (exact) mass is 498 g/mol. The summed E-state index contributed by atoms with van der Waals surface area (Å²) < 4.78 is 0. The number of nitrogens with zero attached hydrogens (tertiary/aromatic N) is 2. The van der Waals surface area contributed by atoms with Crippen LogP contribution in [-0.2, 0) is 0 Å². The minimum atomic E-state index is 0.981. The van der Waals surface area contributed by atoms with Crippen LogP contribution in [0.4, 0.5) is 17.1 Å². The molecule has 0 aliphatic heterocycles. The van der Waals surface area contributed by atoms with Crippen molar-refractivity contribution in [1.29, 1.82) is 0 Å². The summed E-state index contributed by atoms with van der Waals surface area (Å²) in [7, 11) is 0. The first-order valence-corrected chi connectivity index (χ1v) is 13.0. The Bertz CT molecular complexity index is 1660. The Kier molecular flexibility index (Phi) is 6.97. The molecule has 184 valence electrons. The van der Waals surface area contributed by atoms with E-state index >= 15 is 0 Å². The second-order valence-corrected chi connectivity index (χ2v) is 9.17. The number of anilines is 3. The highest BCUT2D eigenvalue weighted by molar-refractivity contribution is 5.76. The lowest BCUT2D eigenvalue weighted by Gasteiger charge is -2.25. The van der Waals surface area contributed by atoms with Crippen molar-refractivity contribution in [3.05, 3.63) is 169 Å². The third-order valence-electron chi connectivity index (χ3n) is 6.57. The largest absolute Gasteiger partial charge is 0.311 e. The van der Waals surface area contributed by atoms with Gasteiger partial charge in [0, 0.05) is 39.9 Å². The van der Waals surface area contributed by atoms with Crippen LogP contribution >= 0.6 is 0 Å². The summed E-state index contributed by atoms with van der Waals surface area (Å²) in [6.07, 6.45) is 1.82. The Morgan fingerprint density at radius 1 is 0.385 bits per heavy atom. The highest BCUT2D eigenvalue weighted by Gasteiger charge is 2.11. The van der Waals surface area contributed by atoms with Crippen LogP contribution in [0.15, 0.2) is 158 Å². The molecule has 0 aliphatic rings. The van der Waals surface area contributed by atoms with E-state index in [0.717, 1.165) is 39.4 Å². The Labute approximate surface area is 229 Å². The molecule has 39 heavy (non-hydrogen) atoms.